The van der Waals surface area contributed by atoms with Crippen LogP contribution in [0.1, 0.15) is 46.1 Å². The van der Waals surface area contributed by atoms with Crippen molar-refractivity contribution in [2.24, 2.45) is 0 Å². The summed E-state index contributed by atoms with van der Waals surface area (Å²) in [5.41, 5.74) is 8.25. The Morgan fingerprint density at radius 1 is 1.40 bits per heavy atom. The number of fused-ring (bicyclic) bond motifs is 1. The number of rotatable bonds is 4. The number of nitrogens with zero attached hydrogens (tertiary/aromatic N) is 2. The van der Waals surface area contributed by atoms with Gasteiger partial charge in [0.05, 0.1) is 23.6 Å². The summed E-state index contributed by atoms with van der Waals surface area (Å²) in [4.78, 5) is 20.9. The van der Waals surface area contributed by atoms with E-state index in [2.05, 4.69) is 15.9 Å². The molecule has 1 unspecified atom stereocenters. The molecule has 0 saturated heterocycles. The Morgan fingerprint density at radius 2 is 2.20 bits per heavy atom. The molecule has 0 radical (unpaired) electrons. The highest BCUT2D eigenvalue weighted by molar-refractivity contribution is 5.99. The van der Waals surface area contributed by atoms with E-state index in [1.165, 1.54) is 12.1 Å². The van der Waals surface area contributed by atoms with Crippen molar-refractivity contribution in [3.8, 4) is 18.1 Å². The highest BCUT2D eigenvalue weighted by Gasteiger charge is 2.31. The molecule has 0 aliphatic heterocycles. The van der Waals surface area contributed by atoms with Crippen molar-refractivity contribution < 1.29 is 13.9 Å². The van der Waals surface area contributed by atoms with Gasteiger partial charge in [-0.2, -0.15) is 0 Å². The van der Waals surface area contributed by atoms with Crippen LogP contribution < -0.4 is 10.5 Å². The van der Waals surface area contributed by atoms with Crippen molar-refractivity contribution in [2.75, 3.05) is 12.3 Å². The molecule has 0 bridgehead atoms. The van der Waals surface area contributed by atoms with Gasteiger partial charge in [-0.05, 0) is 25.0 Å². The van der Waals surface area contributed by atoms with E-state index < -0.39 is 5.82 Å². The van der Waals surface area contributed by atoms with Crippen LogP contribution in [0.15, 0.2) is 18.2 Å². The number of aryl methyl sites for hydroxylation is 1. The molecule has 5 nitrogen and oxygen atoms in total. The largest absolute Gasteiger partial charge is 0.492 e. The summed E-state index contributed by atoms with van der Waals surface area (Å²) in [7, 11) is 0. The third-order valence-electron chi connectivity index (χ3n) is 4.25. The molecule has 0 amide bonds. The van der Waals surface area contributed by atoms with Gasteiger partial charge in [0.2, 0.25) is 5.95 Å². The van der Waals surface area contributed by atoms with Crippen molar-refractivity contribution in [3.05, 3.63) is 46.5 Å². The summed E-state index contributed by atoms with van der Waals surface area (Å²) in [6, 6.07) is 4.34. The zero-order chi connectivity index (χ0) is 18.0. The number of ketones is 1. The van der Waals surface area contributed by atoms with Crippen LogP contribution in [0, 0.1) is 25.1 Å². The normalized spacial score (nSPS) is 16.2. The Hall–Kier alpha value is -2.94. The Bertz CT molecular complexity index is 874. The van der Waals surface area contributed by atoms with E-state index in [0.29, 0.717) is 42.1 Å². The van der Waals surface area contributed by atoms with E-state index in [-0.39, 0.29) is 24.1 Å². The molecule has 1 heterocycles. The van der Waals surface area contributed by atoms with Crippen LogP contribution in [0.4, 0.5) is 10.3 Å². The lowest BCUT2D eigenvalue weighted by Crippen LogP contribution is -2.23. The molecule has 2 N–H and O–H groups in total. The standard InChI is InChI=1S/C19H18FN3O2/c1-3-4-7-25-17-10-13(20)5-6-14(17)12-8-15-18(16(24)9-12)11(2)22-19(21)23-15/h1,5-6,10,12H,4,7-9H2,2H3,(H2,21,22,23). The average Bonchev–Trinajstić information content (AvgIpc) is 2.54. The average molecular weight is 339 g/mol. The van der Waals surface area contributed by atoms with Crippen LogP contribution in [0.5, 0.6) is 5.75 Å². The predicted octanol–water partition coefficient (Wildman–Crippen LogP) is 2.82. The van der Waals surface area contributed by atoms with Crippen LogP contribution in [0.2, 0.25) is 0 Å². The lowest BCUT2D eigenvalue weighted by Gasteiger charge is -2.25. The maximum Gasteiger partial charge on any atom is 0.220 e. The van der Waals surface area contributed by atoms with Crippen LogP contribution in [-0.4, -0.2) is 22.4 Å². The zero-order valence-electron chi connectivity index (χ0n) is 13.9. The van der Waals surface area contributed by atoms with Crippen molar-refractivity contribution in [2.45, 2.75) is 32.1 Å². The van der Waals surface area contributed by atoms with Gasteiger partial charge in [-0.15, -0.1) is 12.3 Å². The molecule has 6 heteroatoms. The second-order valence-electron chi connectivity index (χ2n) is 6.00. The number of Topliss-reactive ketones (excluding diaryl/α,β-unsaturated/α-hetero) is 1. The Balaban J connectivity index is 1.95. The zero-order valence-corrected chi connectivity index (χ0v) is 13.9. The maximum atomic E-state index is 13.6. The number of nitrogen functional groups attached to an aromatic ring is 1. The second-order valence-corrected chi connectivity index (χ2v) is 6.00. The summed E-state index contributed by atoms with van der Waals surface area (Å²) < 4.78 is 19.3. The van der Waals surface area contributed by atoms with Gasteiger partial charge in [0, 0.05) is 24.8 Å². The number of halogens is 1. The number of carbonyl (C=O) groups is 1. The number of ether oxygens (including phenoxy) is 1. The minimum atomic E-state index is -0.399. The molecule has 3 rings (SSSR count). The van der Waals surface area contributed by atoms with Gasteiger partial charge < -0.3 is 10.5 Å². The fourth-order valence-corrected chi connectivity index (χ4v) is 3.21. The van der Waals surface area contributed by atoms with Gasteiger partial charge in [0.15, 0.2) is 5.78 Å². The van der Waals surface area contributed by atoms with Gasteiger partial charge >= 0.3 is 0 Å². The van der Waals surface area contributed by atoms with Crippen LogP contribution in [-0.2, 0) is 6.42 Å². The summed E-state index contributed by atoms with van der Waals surface area (Å²) >= 11 is 0. The number of carbonyl (C=O) groups excluding carboxylic acids is 1. The third kappa shape index (κ3) is 3.45. The molecule has 1 aromatic carbocycles. The summed E-state index contributed by atoms with van der Waals surface area (Å²) in [5, 5.41) is 0. The second kappa shape index (κ2) is 6.89. The molecule has 25 heavy (non-hydrogen) atoms. The number of hydrogen-bond donors (Lipinski definition) is 1. The highest BCUT2D eigenvalue weighted by Crippen LogP contribution is 2.37. The van der Waals surface area contributed by atoms with Gasteiger partial charge in [0.25, 0.3) is 0 Å². The van der Waals surface area contributed by atoms with E-state index in [1.807, 2.05) is 0 Å². The first-order valence-corrected chi connectivity index (χ1v) is 8.01. The molecule has 1 atom stereocenters. The summed E-state index contributed by atoms with van der Waals surface area (Å²) in [6.07, 6.45) is 6.46. The highest BCUT2D eigenvalue weighted by atomic mass is 19.1. The first-order chi connectivity index (χ1) is 12.0. The first kappa shape index (κ1) is 16.9. The van der Waals surface area contributed by atoms with Gasteiger partial charge in [0.1, 0.15) is 11.6 Å². The van der Waals surface area contributed by atoms with Gasteiger partial charge in [-0.25, -0.2) is 14.4 Å². The number of anilines is 1. The van der Waals surface area contributed by atoms with Crippen molar-refractivity contribution in [1.29, 1.82) is 0 Å². The predicted molar refractivity (Wildman–Crippen MR) is 91.9 cm³/mol. The number of benzene rings is 1. The maximum absolute atomic E-state index is 13.6. The summed E-state index contributed by atoms with van der Waals surface area (Å²) in [5.74, 6) is 2.44. The van der Waals surface area contributed by atoms with Crippen molar-refractivity contribution in [3.63, 3.8) is 0 Å². The molecular weight excluding hydrogens is 321 g/mol. The molecule has 0 fully saturated rings. The van der Waals surface area contributed by atoms with E-state index >= 15 is 0 Å². The Labute approximate surface area is 145 Å². The molecule has 0 spiro atoms. The lowest BCUT2D eigenvalue weighted by atomic mass is 9.81. The number of nitrogens with two attached hydrogens (primary N) is 1. The monoisotopic (exact) mass is 339 g/mol. The van der Waals surface area contributed by atoms with E-state index in [4.69, 9.17) is 16.9 Å². The minimum absolute atomic E-state index is 0.0392. The van der Waals surface area contributed by atoms with Gasteiger partial charge in [-0.3, -0.25) is 4.79 Å². The molecule has 1 aliphatic carbocycles. The number of hydrogen-bond acceptors (Lipinski definition) is 5. The molecule has 1 aromatic heterocycles. The molecule has 1 aliphatic rings. The Morgan fingerprint density at radius 3 is 2.96 bits per heavy atom. The van der Waals surface area contributed by atoms with Crippen LogP contribution in [0.3, 0.4) is 0 Å². The van der Waals surface area contributed by atoms with Crippen molar-refractivity contribution in [1.82, 2.24) is 9.97 Å². The van der Waals surface area contributed by atoms with E-state index in [9.17, 15) is 9.18 Å². The quantitative estimate of drug-likeness (QED) is 0.684. The molecule has 0 saturated carbocycles. The van der Waals surface area contributed by atoms with Gasteiger partial charge in [-0.1, -0.05) is 6.07 Å². The number of terminal acetylenes is 1. The van der Waals surface area contributed by atoms with Crippen molar-refractivity contribution >= 4 is 11.7 Å². The van der Waals surface area contributed by atoms with Crippen LogP contribution >= 0.6 is 0 Å². The first-order valence-electron chi connectivity index (χ1n) is 8.01. The van der Waals surface area contributed by atoms with Crippen LogP contribution in [0.25, 0.3) is 0 Å². The molecule has 128 valence electrons. The number of aromatic nitrogens is 2. The topological polar surface area (TPSA) is 78.1 Å². The SMILES string of the molecule is C#CCCOc1cc(F)ccc1C1CC(=O)c2c(C)nc(N)nc2C1. The van der Waals surface area contributed by atoms with E-state index in [0.717, 1.165) is 5.56 Å². The minimum Gasteiger partial charge on any atom is -0.492 e. The fourth-order valence-electron chi connectivity index (χ4n) is 3.21. The smallest absolute Gasteiger partial charge is 0.220 e. The summed E-state index contributed by atoms with van der Waals surface area (Å²) in [6.45, 7) is 2.04. The molecular formula is C19H18FN3O2. The van der Waals surface area contributed by atoms with E-state index in [1.54, 1.807) is 13.0 Å². The Kier molecular flexibility index (Phi) is 4.66. The molecule has 2 aromatic rings. The lowest BCUT2D eigenvalue weighted by molar-refractivity contribution is 0.0961. The third-order valence-corrected chi connectivity index (χ3v) is 4.25. The fraction of sp³-hybridized carbons (Fsp3) is 0.316.